The number of primary amides is 1. The molecule has 3 aromatic carbocycles. The maximum atomic E-state index is 13.1. The molecule has 0 radical (unpaired) electrons. The number of nitrogens with zero attached hydrogens (tertiary/aromatic N) is 4. The van der Waals surface area contributed by atoms with Crippen LogP contribution in [0, 0.1) is 0 Å². The fourth-order valence-electron chi connectivity index (χ4n) is 4.87. The molecule has 0 bridgehead atoms. The van der Waals surface area contributed by atoms with Gasteiger partial charge in [0.25, 0.3) is 11.5 Å². The van der Waals surface area contributed by atoms with E-state index in [1.807, 2.05) is 36.4 Å². The van der Waals surface area contributed by atoms with Crippen LogP contribution in [0.4, 0.5) is 0 Å². The highest BCUT2D eigenvalue weighted by Crippen LogP contribution is 2.29. The van der Waals surface area contributed by atoms with Gasteiger partial charge in [-0.25, -0.2) is 4.68 Å². The van der Waals surface area contributed by atoms with Crippen LogP contribution in [-0.2, 0) is 11.3 Å². The van der Waals surface area contributed by atoms with Crippen molar-refractivity contribution in [3.05, 3.63) is 112 Å². The van der Waals surface area contributed by atoms with Gasteiger partial charge < -0.3 is 10.6 Å². The third kappa shape index (κ3) is 4.63. The van der Waals surface area contributed by atoms with Gasteiger partial charge >= 0.3 is 0 Å². The van der Waals surface area contributed by atoms with Crippen LogP contribution in [0.15, 0.2) is 89.7 Å². The first-order chi connectivity index (χ1) is 17.5. The van der Waals surface area contributed by atoms with Gasteiger partial charge in [-0.15, -0.1) is 0 Å². The number of hydrogen-bond acceptors (Lipinski definition) is 5. The monoisotopic (exact) mass is 481 g/mol. The van der Waals surface area contributed by atoms with E-state index < -0.39 is 11.5 Å². The van der Waals surface area contributed by atoms with Crippen molar-refractivity contribution in [3.8, 4) is 0 Å². The molecule has 182 valence electrons. The third-order valence-electron chi connectivity index (χ3n) is 6.65. The summed E-state index contributed by atoms with van der Waals surface area (Å²) in [7, 11) is 0. The summed E-state index contributed by atoms with van der Waals surface area (Å²) in [6, 6.07) is 27.4. The van der Waals surface area contributed by atoms with Gasteiger partial charge in [-0.1, -0.05) is 78.9 Å². The predicted molar refractivity (Wildman–Crippen MR) is 137 cm³/mol. The fraction of sp³-hybridized carbons (Fsp3) is 0.214. The average molecular weight is 482 g/mol. The molecule has 2 amide bonds. The Bertz CT molecular complexity index is 1410. The summed E-state index contributed by atoms with van der Waals surface area (Å²) >= 11 is 0. The number of carbonyl (C=O) groups excluding carboxylic acids is 2. The third-order valence-corrected chi connectivity index (χ3v) is 6.65. The maximum Gasteiger partial charge on any atom is 0.275 e. The maximum absolute atomic E-state index is 13.1. The van der Waals surface area contributed by atoms with Gasteiger partial charge in [0.15, 0.2) is 5.69 Å². The molecule has 1 aliphatic rings. The van der Waals surface area contributed by atoms with Crippen LogP contribution in [0.25, 0.3) is 10.8 Å². The minimum Gasteiger partial charge on any atom is -0.364 e. The van der Waals surface area contributed by atoms with E-state index in [4.69, 9.17) is 5.73 Å². The summed E-state index contributed by atoms with van der Waals surface area (Å²) in [4.78, 5) is 42.2. The lowest BCUT2D eigenvalue weighted by molar-refractivity contribution is -0.134. The van der Waals surface area contributed by atoms with E-state index in [1.54, 1.807) is 29.2 Å². The number of nitrogens with two attached hydrogens (primary N) is 1. The van der Waals surface area contributed by atoms with Crippen molar-refractivity contribution in [2.75, 3.05) is 26.2 Å². The Morgan fingerprint density at radius 1 is 0.778 bits per heavy atom. The lowest BCUT2D eigenvalue weighted by atomic mass is 9.96. The van der Waals surface area contributed by atoms with Crippen molar-refractivity contribution in [1.82, 2.24) is 19.6 Å². The molecule has 1 saturated heterocycles. The summed E-state index contributed by atoms with van der Waals surface area (Å²) in [5, 5.41) is 4.83. The number of rotatable bonds is 6. The Labute approximate surface area is 208 Å². The molecule has 2 N–H and O–H groups in total. The average Bonchev–Trinajstić information content (AvgIpc) is 2.92. The normalized spacial score (nSPS) is 14.3. The lowest BCUT2D eigenvalue weighted by Gasteiger charge is -2.39. The first kappa shape index (κ1) is 23.4. The Hall–Kier alpha value is -4.30. The van der Waals surface area contributed by atoms with Crippen LogP contribution in [0.1, 0.15) is 27.7 Å². The molecule has 0 saturated carbocycles. The fourth-order valence-corrected chi connectivity index (χ4v) is 4.87. The van der Waals surface area contributed by atoms with Gasteiger partial charge in [-0.2, -0.15) is 5.10 Å². The second-order valence-electron chi connectivity index (χ2n) is 8.86. The van der Waals surface area contributed by atoms with E-state index in [9.17, 15) is 14.4 Å². The van der Waals surface area contributed by atoms with Crippen molar-refractivity contribution in [3.63, 3.8) is 0 Å². The summed E-state index contributed by atoms with van der Waals surface area (Å²) in [5.74, 6) is -0.959. The van der Waals surface area contributed by atoms with Crippen LogP contribution >= 0.6 is 0 Å². The van der Waals surface area contributed by atoms with Gasteiger partial charge in [0.2, 0.25) is 5.91 Å². The highest BCUT2D eigenvalue weighted by molar-refractivity contribution is 6.04. The van der Waals surface area contributed by atoms with E-state index in [1.165, 1.54) is 11.1 Å². The van der Waals surface area contributed by atoms with Crippen LogP contribution < -0.4 is 11.3 Å². The zero-order valence-electron chi connectivity index (χ0n) is 19.8. The highest BCUT2D eigenvalue weighted by atomic mass is 16.2. The lowest BCUT2D eigenvalue weighted by Crippen LogP contribution is -2.51. The number of fused-ring (bicyclic) bond motifs is 1. The molecule has 8 nitrogen and oxygen atoms in total. The molecule has 0 aliphatic carbocycles. The molecule has 0 unspecified atom stereocenters. The van der Waals surface area contributed by atoms with E-state index in [-0.39, 0.29) is 24.2 Å². The molecule has 2 heterocycles. The Balaban J connectivity index is 1.33. The van der Waals surface area contributed by atoms with Crippen LogP contribution in [0.5, 0.6) is 0 Å². The quantitative estimate of drug-likeness (QED) is 0.456. The number of hydrogen-bond donors (Lipinski definition) is 1. The second-order valence-corrected chi connectivity index (χ2v) is 8.86. The van der Waals surface area contributed by atoms with Gasteiger partial charge in [0.05, 0.1) is 11.4 Å². The van der Waals surface area contributed by atoms with Gasteiger partial charge in [-0.05, 0) is 17.2 Å². The number of benzene rings is 3. The summed E-state index contributed by atoms with van der Waals surface area (Å²) in [6.45, 7) is 2.18. The van der Waals surface area contributed by atoms with Crippen molar-refractivity contribution in [2.24, 2.45) is 5.73 Å². The van der Waals surface area contributed by atoms with Crippen molar-refractivity contribution in [2.45, 2.75) is 12.6 Å². The molecule has 1 aliphatic heterocycles. The van der Waals surface area contributed by atoms with E-state index >= 15 is 0 Å². The number of amides is 2. The zero-order chi connectivity index (χ0) is 25.1. The molecule has 5 rings (SSSR count). The largest absolute Gasteiger partial charge is 0.364 e. The zero-order valence-corrected chi connectivity index (χ0v) is 19.8. The summed E-state index contributed by atoms with van der Waals surface area (Å²) in [6.07, 6.45) is 0. The standard InChI is InChI=1S/C28H27N5O3/c29-27(35)25-22-13-7-8-14-23(22)28(36)33(30-25)19-24(34)31-15-17-32(18-16-31)26(20-9-3-1-4-10-20)21-11-5-2-6-12-21/h1-14,26H,15-19H2,(H2,29,35). The molecular formula is C28H27N5O3. The van der Waals surface area contributed by atoms with E-state index in [0.717, 1.165) is 4.68 Å². The van der Waals surface area contributed by atoms with Gasteiger partial charge in [0.1, 0.15) is 6.54 Å². The van der Waals surface area contributed by atoms with Crippen LogP contribution in [0.2, 0.25) is 0 Å². The molecule has 1 aromatic heterocycles. The summed E-state index contributed by atoms with van der Waals surface area (Å²) < 4.78 is 1.05. The molecule has 4 aromatic rings. The minimum atomic E-state index is -0.742. The van der Waals surface area contributed by atoms with Crippen LogP contribution in [0.3, 0.4) is 0 Å². The molecule has 0 atom stereocenters. The Kier molecular flexibility index (Phi) is 6.60. The summed E-state index contributed by atoms with van der Waals surface area (Å²) in [5.41, 5.74) is 7.46. The predicted octanol–water partition coefficient (Wildman–Crippen LogP) is 2.43. The topological polar surface area (TPSA) is 102 Å². The van der Waals surface area contributed by atoms with Gasteiger partial charge in [0, 0.05) is 31.6 Å². The van der Waals surface area contributed by atoms with Crippen molar-refractivity contribution in [1.29, 1.82) is 0 Å². The second kappa shape index (κ2) is 10.1. The van der Waals surface area contributed by atoms with E-state index in [2.05, 4.69) is 34.3 Å². The number of aromatic nitrogens is 2. The number of carbonyl (C=O) groups is 2. The SMILES string of the molecule is NC(=O)c1nn(CC(=O)N2CCN(C(c3ccccc3)c3ccccc3)CC2)c(=O)c2ccccc12. The number of piperazine rings is 1. The Morgan fingerprint density at radius 3 is 1.86 bits per heavy atom. The molecule has 36 heavy (non-hydrogen) atoms. The van der Waals surface area contributed by atoms with Crippen molar-refractivity contribution >= 4 is 22.6 Å². The minimum absolute atomic E-state index is 0.0172. The molecule has 0 spiro atoms. The van der Waals surface area contributed by atoms with Crippen LogP contribution in [-0.4, -0.2) is 57.6 Å². The smallest absolute Gasteiger partial charge is 0.275 e. The molecule has 1 fully saturated rings. The first-order valence-electron chi connectivity index (χ1n) is 11.9. The van der Waals surface area contributed by atoms with Gasteiger partial charge in [-0.3, -0.25) is 19.3 Å². The van der Waals surface area contributed by atoms with Crippen molar-refractivity contribution < 1.29 is 9.59 Å². The first-order valence-corrected chi connectivity index (χ1v) is 11.9. The Morgan fingerprint density at radius 2 is 1.31 bits per heavy atom. The highest BCUT2D eigenvalue weighted by Gasteiger charge is 2.28. The molecule has 8 heteroatoms. The van der Waals surface area contributed by atoms with E-state index in [0.29, 0.717) is 37.0 Å². The molecular weight excluding hydrogens is 454 g/mol.